The Morgan fingerprint density at radius 2 is 1.42 bits per heavy atom. The number of imidazole rings is 2. The maximum absolute atomic E-state index is 12.8. The Morgan fingerprint density at radius 3 is 1.98 bits per heavy atom. The first kappa shape index (κ1) is 27.6. The van der Waals surface area contributed by atoms with E-state index in [4.69, 9.17) is 9.97 Å². The van der Waals surface area contributed by atoms with Crippen LogP contribution < -0.4 is 5.32 Å². The van der Waals surface area contributed by atoms with Crippen molar-refractivity contribution < 1.29 is 9.59 Å². The second kappa shape index (κ2) is 11.1. The number of aromatic nitrogens is 4. The van der Waals surface area contributed by atoms with Crippen molar-refractivity contribution in [1.82, 2.24) is 35.1 Å². The van der Waals surface area contributed by atoms with Crippen LogP contribution >= 0.6 is 0 Å². The summed E-state index contributed by atoms with van der Waals surface area (Å²) in [5.74, 6) is 1.78. The second-order valence-electron chi connectivity index (χ2n) is 12.5. The molecule has 222 valence electrons. The number of nitrogens with one attached hydrogen (secondary N) is 3. The maximum Gasteiger partial charge on any atom is 0.242 e. The summed E-state index contributed by atoms with van der Waals surface area (Å²) >= 11 is 0. The highest BCUT2D eigenvalue weighted by Crippen LogP contribution is 2.40. The molecule has 2 amide bonds. The van der Waals surface area contributed by atoms with Gasteiger partial charge in [-0.3, -0.25) is 14.5 Å². The molecular weight excluding hydrogens is 538 g/mol. The van der Waals surface area contributed by atoms with E-state index in [1.54, 1.807) is 0 Å². The Kier molecular flexibility index (Phi) is 7.13. The van der Waals surface area contributed by atoms with Gasteiger partial charge in [0.1, 0.15) is 11.6 Å². The Balaban J connectivity index is 1.10. The molecule has 0 bridgehead atoms. The SMILES string of the molecule is C[C@H]1CC[C@@H](c2ncc(-c3ccc4c(c3)CCc3cc(-c5cnc([C@@H]6CC[C@H](C)N6C(=O)CNC=O)[nH]5)ccc3-4)[nH]2)N1C. The molecule has 0 radical (unpaired) electrons. The zero-order valence-corrected chi connectivity index (χ0v) is 25.1. The Morgan fingerprint density at radius 1 is 0.860 bits per heavy atom. The lowest BCUT2D eigenvalue weighted by molar-refractivity contribution is -0.134. The molecule has 3 N–H and O–H groups in total. The number of carbonyl (C=O) groups excluding carboxylic acids is 2. The molecule has 4 heterocycles. The van der Waals surface area contributed by atoms with Crippen molar-refractivity contribution in [3.63, 3.8) is 0 Å². The Bertz CT molecular complexity index is 1670. The van der Waals surface area contributed by atoms with Gasteiger partial charge in [-0.1, -0.05) is 24.3 Å². The number of hydrogen-bond acceptors (Lipinski definition) is 5. The van der Waals surface area contributed by atoms with Crippen molar-refractivity contribution >= 4 is 12.3 Å². The minimum atomic E-state index is -0.114. The molecular formula is C34H39N7O2. The number of nitrogens with zero attached hydrogens (tertiary/aromatic N) is 4. The van der Waals surface area contributed by atoms with Gasteiger partial charge in [0, 0.05) is 12.1 Å². The van der Waals surface area contributed by atoms with Gasteiger partial charge < -0.3 is 20.2 Å². The van der Waals surface area contributed by atoms with E-state index in [1.165, 1.54) is 34.2 Å². The number of likely N-dealkylation sites (tertiary alicyclic amines) is 2. The smallest absolute Gasteiger partial charge is 0.242 e. The first-order valence-electron chi connectivity index (χ1n) is 15.5. The molecule has 0 saturated carbocycles. The van der Waals surface area contributed by atoms with Crippen molar-refractivity contribution in [3.8, 4) is 33.6 Å². The van der Waals surface area contributed by atoms with Crippen LogP contribution in [0.5, 0.6) is 0 Å². The van der Waals surface area contributed by atoms with Crippen LogP contribution in [0.25, 0.3) is 33.6 Å². The summed E-state index contributed by atoms with van der Waals surface area (Å²) in [4.78, 5) is 44.3. The molecule has 2 fully saturated rings. The van der Waals surface area contributed by atoms with Crippen LogP contribution in [0, 0.1) is 0 Å². The van der Waals surface area contributed by atoms with Gasteiger partial charge in [-0.15, -0.1) is 0 Å². The number of amides is 2. The molecule has 7 rings (SSSR count). The fraction of sp³-hybridized carbons (Fsp3) is 0.412. The van der Waals surface area contributed by atoms with E-state index in [0.717, 1.165) is 60.7 Å². The topological polar surface area (TPSA) is 110 Å². The largest absolute Gasteiger partial charge is 0.350 e. The zero-order valence-electron chi connectivity index (χ0n) is 25.1. The molecule has 3 aliphatic rings. The van der Waals surface area contributed by atoms with Gasteiger partial charge in [0.15, 0.2) is 0 Å². The molecule has 4 atom stereocenters. The minimum absolute atomic E-state index is 0.00598. The average molecular weight is 578 g/mol. The Labute approximate surface area is 252 Å². The van der Waals surface area contributed by atoms with Crippen LogP contribution in [0.2, 0.25) is 0 Å². The minimum Gasteiger partial charge on any atom is -0.350 e. The number of aromatic amines is 2. The van der Waals surface area contributed by atoms with Crippen molar-refractivity contribution in [2.75, 3.05) is 13.6 Å². The quantitative estimate of drug-likeness (QED) is 0.262. The van der Waals surface area contributed by atoms with E-state index in [-0.39, 0.29) is 24.5 Å². The van der Waals surface area contributed by atoms with Gasteiger partial charge in [-0.05, 0) is 105 Å². The zero-order chi connectivity index (χ0) is 29.7. The molecule has 9 nitrogen and oxygen atoms in total. The van der Waals surface area contributed by atoms with Gasteiger partial charge in [0.05, 0.1) is 42.4 Å². The third-order valence-corrected chi connectivity index (χ3v) is 9.95. The summed E-state index contributed by atoms with van der Waals surface area (Å²) in [7, 11) is 2.20. The third kappa shape index (κ3) is 4.95. The molecule has 2 aromatic heterocycles. The summed E-state index contributed by atoms with van der Waals surface area (Å²) in [5.41, 5.74) is 9.60. The lowest BCUT2D eigenvalue weighted by atomic mass is 9.83. The van der Waals surface area contributed by atoms with E-state index in [1.807, 2.05) is 17.3 Å². The predicted octanol–water partition coefficient (Wildman–Crippen LogP) is 5.19. The fourth-order valence-corrected chi connectivity index (χ4v) is 7.37. The number of carbonyl (C=O) groups is 2. The van der Waals surface area contributed by atoms with Crippen molar-refractivity contribution in [2.24, 2.45) is 0 Å². The monoisotopic (exact) mass is 577 g/mol. The summed E-state index contributed by atoms with van der Waals surface area (Å²) in [6.07, 6.45) is 10.5. The number of hydrogen-bond donors (Lipinski definition) is 3. The average Bonchev–Trinajstić information content (AvgIpc) is 3.83. The maximum atomic E-state index is 12.8. The van der Waals surface area contributed by atoms with Crippen LogP contribution in [-0.2, 0) is 22.4 Å². The molecule has 4 aromatic rings. The van der Waals surface area contributed by atoms with Crippen LogP contribution in [-0.4, -0.2) is 67.7 Å². The summed E-state index contributed by atoms with van der Waals surface area (Å²) in [6, 6.07) is 14.4. The molecule has 0 spiro atoms. The highest BCUT2D eigenvalue weighted by molar-refractivity contribution is 5.81. The van der Waals surface area contributed by atoms with Crippen LogP contribution in [0.4, 0.5) is 0 Å². The van der Waals surface area contributed by atoms with Gasteiger partial charge in [-0.25, -0.2) is 9.97 Å². The second-order valence-corrected chi connectivity index (χ2v) is 12.5. The third-order valence-electron chi connectivity index (χ3n) is 9.95. The fourth-order valence-electron chi connectivity index (χ4n) is 7.37. The van der Waals surface area contributed by atoms with Gasteiger partial charge in [-0.2, -0.15) is 0 Å². The first-order chi connectivity index (χ1) is 20.9. The van der Waals surface area contributed by atoms with E-state index in [0.29, 0.717) is 18.5 Å². The van der Waals surface area contributed by atoms with Crippen LogP contribution in [0.3, 0.4) is 0 Å². The van der Waals surface area contributed by atoms with E-state index < -0.39 is 0 Å². The lowest BCUT2D eigenvalue weighted by Crippen LogP contribution is -2.41. The highest BCUT2D eigenvalue weighted by Gasteiger charge is 2.37. The summed E-state index contributed by atoms with van der Waals surface area (Å²) < 4.78 is 0. The molecule has 9 heteroatoms. The molecule has 2 saturated heterocycles. The van der Waals surface area contributed by atoms with Crippen molar-refractivity contribution in [2.45, 2.75) is 76.5 Å². The van der Waals surface area contributed by atoms with Gasteiger partial charge in [0.25, 0.3) is 0 Å². The van der Waals surface area contributed by atoms with Crippen LogP contribution in [0.1, 0.15) is 74.4 Å². The van der Waals surface area contributed by atoms with Gasteiger partial charge >= 0.3 is 0 Å². The van der Waals surface area contributed by atoms with Crippen molar-refractivity contribution in [1.29, 1.82) is 0 Å². The van der Waals surface area contributed by atoms with Crippen molar-refractivity contribution in [3.05, 3.63) is 71.6 Å². The number of fused-ring (bicyclic) bond motifs is 3. The Hall–Kier alpha value is -4.24. The number of rotatable bonds is 7. The number of benzene rings is 2. The normalized spacial score (nSPS) is 23.3. The van der Waals surface area contributed by atoms with Crippen LogP contribution in [0.15, 0.2) is 48.8 Å². The molecule has 0 unspecified atom stereocenters. The number of aryl methyl sites for hydroxylation is 2. The standard InChI is InChI=1S/C34H39N7O2/c1-20-4-12-30(40(20)3)33-36-16-28(38-33)24-8-10-26-22(14-24)6-7-23-15-25(9-11-27(23)26)29-17-37-34(39-29)31-13-5-21(2)41(31)32(43)18-35-19-42/h8-11,14-17,19-21,30-31H,4-7,12-13,18H2,1-3H3,(H,35,42)(H,36,38)(H,37,39)/t20-,21-,30-,31-/m0/s1. The summed E-state index contributed by atoms with van der Waals surface area (Å²) in [6.45, 7) is 4.34. The molecule has 1 aliphatic carbocycles. The molecule has 2 aromatic carbocycles. The lowest BCUT2D eigenvalue weighted by Gasteiger charge is -2.27. The van der Waals surface area contributed by atoms with E-state index in [9.17, 15) is 9.59 Å². The predicted molar refractivity (Wildman–Crippen MR) is 166 cm³/mol. The van der Waals surface area contributed by atoms with E-state index >= 15 is 0 Å². The molecule has 2 aliphatic heterocycles. The summed E-state index contributed by atoms with van der Waals surface area (Å²) in [5, 5.41) is 2.50. The van der Waals surface area contributed by atoms with Gasteiger partial charge in [0.2, 0.25) is 12.3 Å². The highest BCUT2D eigenvalue weighted by atomic mass is 16.2. The first-order valence-corrected chi connectivity index (χ1v) is 15.5. The molecule has 43 heavy (non-hydrogen) atoms. The number of H-pyrrole nitrogens is 2. The van der Waals surface area contributed by atoms with E-state index in [2.05, 4.69) is 77.5 Å².